The second-order valence-electron chi connectivity index (χ2n) is 6.09. The van der Waals surface area contributed by atoms with Gasteiger partial charge in [-0.15, -0.1) is 0 Å². The molecule has 3 N–H and O–H groups in total. The van der Waals surface area contributed by atoms with Gasteiger partial charge in [-0.25, -0.2) is 0 Å². The number of carboxylic acid groups (broad SMARTS) is 1. The van der Waals surface area contributed by atoms with E-state index in [-0.39, 0.29) is 17.9 Å². The molecule has 0 aromatic heterocycles. The number of likely N-dealkylation sites (tertiary alicyclic amines) is 1. The molecule has 0 aromatic carbocycles. The first kappa shape index (κ1) is 15.0. The van der Waals surface area contributed by atoms with E-state index in [1.165, 1.54) is 0 Å². The number of nitrogens with zero attached hydrogens (tertiary/aromatic N) is 1. The summed E-state index contributed by atoms with van der Waals surface area (Å²) in [5.74, 6) is -0.901. The standard InChI is InChI=1S/C15H24N2O3/c1-2-6-15(14(19)20)7-3-8-17(10-15)13(18)11-4-5-12(16)9-11/h4-5,11-12H,2-3,6-10,16H2,1H3,(H,19,20). The van der Waals surface area contributed by atoms with Gasteiger partial charge < -0.3 is 15.7 Å². The fourth-order valence-electron chi connectivity index (χ4n) is 3.43. The molecule has 0 bridgehead atoms. The third kappa shape index (κ3) is 2.87. The Kier molecular flexibility index (Phi) is 4.48. The minimum atomic E-state index is -0.768. The lowest BCUT2D eigenvalue weighted by atomic mass is 9.76. The molecule has 0 aromatic rings. The van der Waals surface area contributed by atoms with Crippen LogP contribution in [0.4, 0.5) is 0 Å². The molecule has 0 spiro atoms. The van der Waals surface area contributed by atoms with Crippen molar-refractivity contribution in [3.05, 3.63) is 12.2 Å². The molecular formula is C15H24N2O3. The number of carbonyl (C=O) groups excluding carboxylic acids is 1. The molecule has 0 radical (unpaired) electrons. The SMILES string of the molecule is CCCC1(C(=O)O)CCCN(C(=O)C2C=CC(N)C2)C1. The van der Waals surface area contributed by atoms with E-state index in [9.17, 15) is 14.7 Å². The van der Waals surface area contributed by atoms with Gasteiger partial charge in [0.05, 0.1) is 11.3 Å². The third-order valence-corrected chi connectivity index (χ3v) is 4.50. The third-order valence-electron chi connectivity index (χ3n) is 4.50. The molecule has 112 valence electrons. The van der Waals surface area contributed by atoms with Crippen LogP contribution < -0.4 is 5.73 Å². The van der Waals surface area contributed by atoms with Crippen LogP contribution in [-0.2, 0) is 9.59 Å². The number of rotatable bonds is 4. The monoisotopic (exact) mass is 280 g/mol. The summed E-state index contributed by atoms with van der Waals surface area (Å²) in [5, 5.41) is 9.55. The fourth-order valence-corrected chi connectivity index (χ4v) is 3.43. The van der Waals surface area contributed by atoms with Gasteiger partial charge in [0.1, 0.15) is 0 Å². The van der Waals surface area contributed by atoms with Gasteiger partial charge >= 0.3 is 5.97 Å². The predicted molar refractivity (Wildman–Crippen MR) is 76.0 cm³/mol. The average molecular weight is 280 g/mol. The van der Waals surface area contributed by atoms with E-state index >= 15 is 0 Å². The maximum atomic E-state index is 12.5. The number of nitrogens with two attached hydrogens (primary N) is 1. The van der Waals surface area contributed by atoms with Gasteiger partial charge in [-0.2, -0.15) is 0 Å². The van der Waals surface area contributed by atoms with Gasteiger partial charge in [0, 0.05) is 19.1 Å². The van der Waals surface area contributed by atoms with Gasteiger partial charge in [0.2, 0.25) is 5.91 Å². The van der Waals surface area contributed by atoms with Crippen molar-refractivity contribution < 1.29 is 14.7 Å². The lowest BCUT2D eigenvalue weighted by Crippen LogP contribution is -2.51. The van der Waals surface area contributed by atoms with Crippen LogP contribution in [0.25, 0.3) is 0 Å². The van der Waals surface area contributed by atoms with Gasteiger partial charge in [-0.1, -0.05) is 25.5 Å². The van der Waals surface area contributed by atoms with E-state index in [1.54, 1.807) is 4.90 Å². The van der Waals surface area contributed by atoms with Crippen LogP contribution in [0.2, 0.25) is 0 Å². The molecule has 2 aliphatic rings. The van der Waals surface area contributed by atoms with Crippen LogP contribution in [-0.4, -0.2) is 41.0 Å². The Labute approximate surface area is 119 Å². The van der Waals surface area contributed by atoms with Crippen molar-refractivity contribution in [1.82, 2.24) is 4.90 Å². The van der Waals surface area contributed by atoms with E-state index in [2.05, 4.69) is 0 Å². The molecule has 5 heteroatoms. The Balaban J connectivity index is 2.07. The highest BCUT2D eigenvalue weighted by Crippen LogP contribution is 2.36. The summed E-state index contributed by atoms with van der Waals surface area (Å²) in [5.41, 5.74) is 5.03. The van der Waals surface area contributed by atoms with Crippen molar-refractivity contribution >= 4 is 11.9 Å². The summed E-state index contributed by atoms with van der Waals surface area (Å²) in [6.07, 6.45) is 7.26. The minimum Gasteiger partial charge on any atom is -0.481 e. The van der Waals surface area contributed by atoms with Gasteiger partial charge in [0.25, 0.3) is 0 Å². The zero-order valence-corrected chi connectivity index (χ0v) is 12.0. The molecule has 2 rings (SSSR count). The normalized spacial score (nSPS) is 33.4. The predicted octanol–water partition coefficient (Wildman–Crippen LogP) is 1.38. The quantitative estimate of drug-likeness (QED) is 0.762. The molecule has 3 unspecified atom stereocenters. The van der Waals surface area contributed by atoms with Crippen molar-refractivity contribution in [2.45, 2.75) is 45.1 Å². The van der Waals surface area contributed by atoms with E-state index in [4.69, 9.17) is 5.73 Å². The van der Waals surface area contributed by atoms with Crippen LogP contribution >= 0.6 is 0 Å². The Morgan fingerprint density at radius 2 is 2.20 bits per heavy atom. The second-order valence-corrected chi connectivity index (χ2v) is 6.09. The minimum absolute atomic E-state index is 0.0376. The lowest BCUT2D eigenvalue weighted by Gasteiger charge is -2.40. The van der Waals surface area contributed by atoms with Crippen molar-refractivity contribution in [2.75, 3.05) is 13.1 Å². The highest BCUT2D eigenvalue weighted by molar-refractivity contribution is 5.83. The number of carboxylic acids is 1. The summed E-state index contributed by atoms with van der Waals surface area (Å²) >= 11 is 0. The van der Waals surface area contributed by atoms with Crippen LogP contribution in [0, 0.1) is 11.3 Å². The topological polar surface area (TPSA) is 83.6 Å². The largest absolute Gasteiger partial charge is 0.481 e. The average Bonchev–Trinajstić information content (AvgIpc) is 2.85. The van der Waals surface area contributed by atoms with Gasteiger partial charge in [0.15, 0.2) is 0 Å². The molecule has 1 aliphatic heterocycles. The maximum Gasteiger partial charge on any atom is 0.311 e. The maximum absolute atomic E-state index is 12.5. The number of piperidine rings is 1. The van der Waals surface area contributed by atoms with Crippen LogP contribution in [0.5, 0.6) is 0 Å². The van der Waals surface area contributed by atoms with E-state index < -0.39 is 11.4 Å². The van der Waals surface area contributed by atoms with Crippen LogP contribution in [0.3, 0.4) is 0 Å². The molecule has 1 fully saturated rings. The van der Waals surface area contributed by atoms with Gasteiger partial charge in [-0.05, 0) is 25.7 Å². The van der Waals surface area contributed by atoms with E-state index in [1.807, 2.05) is 19.1 Å². The van der Waals surface area contributed by atoms with Crippen molar-refractivity contribution in [2.24, 2.45) is 17.1 Å². The smallest absolute Gasteiger partial charge is 0.311 e. The number of hydrogen-bond donors (Lipinski definition) is 2. The zero-order valence-electron chi connectivity index (χ0n) is 12.0. The zero-order chi connectivity index (χ0) is 14.8. The van der Waals surface area contributed by atoms with Crippen molar-refractivity contribution in [3.63, 3.8) is 0 Å². The lowest BCUT2D eigenvalue weighted by molar-refractivity contribution is -0.156. The van der Waals surface area contributed by atoms with Crippen LogP contribution in [0.15, 0.2) is 12.2 Å². The highest BCUT2D eigenvalue weighted by atomic mass is 16.4. The molecule has 1 aliphatic carbocycles. The number of carbonyl (C=O) groups is 2. The molecule has 0 saturated carbocycles. The molecular weight excluding hydrogens is 256 g/mol. The Morgan fingerprint density at radius 1 is 1.45 bits per heavy atom. The molecule has 5 nitrogen and oxygen atoms in total. The summed E-state index contributed by atoms with van der Waals surface area (Å²) in [4.78, 5) is 25.9. The van der Waals surface area contributed by atoms with E-state index in [0.717, 1.165) is 12.8 Å². The number of aliphatic carboxylic acids is 1. The molecule has 1 saturated heterocycles. The van der Waals surface area contributed by atoms with Crippen molar-refractivity contribution in [3.8, 4) is 0 Å². The van der Waals surface area contributed by atoms with Crippen LogP contribution in [0.1, 0.15) is 39.0 Å². The first-order chi connectivity index (χ1) is 9.48. The first-order valence-electron chi connectivity index (χ1n) is 7.44. The van der Waals surface area contributed by atoms with Gasteiger partial charge in [-0.3, -0.25) is 9.59 Å². The summed E-state index contributed by atoms with van der Waals surface area (Å²) in [6.45, 7) is 3.00. The molecule has 3 atom stereocenters. The Bertz CT molecular complexity index is 417. The number of hydrogen-bond acceptors (Lipinski definition) is 3. The first-order valence-corrected chi connectivity index (χ1v) is 7.44. The molecule has 1 heterocycles. The second kappa shape index (κ2) is 5.95. The fraction of sp³-hybridized carbons (Fsp3) is 0.733. The Hall–Kier alpha value is -1.36. The summed E-state index contributed by atoms with van der Waals surface area (Å²) in [7, 11) is 0. The Morgan fingerprint density at radius 3 is 2.75 bits per heavy atom. The van der Waals surface area contributed by atoms with Crippen molar-refractivity contribution in [1.29, 1.82) is 0 Å². The molecule has 1 amide bonds. The summed E-state index contributed by atoms with van der Waals surface area (Å²) in [6, 6.07) is -0.0476. The van der Waals surface area contributed by atoms with E-state index in [0.29, 0.717) is 32.4 Å². The number of amides is 1. The summed E-state index contributed by atoms with van der Waals surface area (Å²) < 4.78 is 0. The highest BCUT2D eigenvalue weighted by Gasteiger charge is 2.43. The molecule has 20 heavy (non-hydrogen) atoms.